The predicted octanol–water partition coefficient (Wildman–Crippen LogP) is 2.55. The van der Waals surface area contributed by atoms with Gasteiger partial charge in [0.25, 0.3) is 5.69 Å². The van der Waals surface area contributed by atoms with Crippen molar-refractivity contribution in [2.75, 3.05) is 18.4 Å². The minimum absolute atomic E-state index is 0.0221. The third-order valence-electron chi connectivity index (χ3n) is 6.61. The molecule has 170 valence electrons. The van der Waals surface area contributed by atoms with Crippen molar-refractivity contribution in [3.05, 3.63) is 57.2 Å². The first-order valence-electron chi connectivity index (χ1n) is 10.5. The Kier molecular flexibility index (Phi) is 6.52. The molecular weight excluding hydrogens is 439 g/mol. The second-order valence-corrected chi connectivity index (χ2v) is 8.81. The van der Waals surface area contributed by atoms with Crippen LogP contribution < -0.4 is 16.4 Å². The molecule has 2 aromatic rings. The van der Waals surface area contributed by atoms with Crippen LogP contribution in [0.2, 0.25) is 5.28 Å². The Morgan fingerprint density at radius 2 is 2.19 bits per heavy atom. The summed E-state index contributed by atoms with van der Waals surface area (Å²) in [7, 11) is 0. The summed E-state index contributed by atoms with van der Waals surface area (Å²) in [6, 6.07) is 6.28. The number of nitro benzene ring substituents is 1. The number of nitro groups is 1. The number of nitrogens with one attached hydrogen (secondary N) is 2. The number of primary amides is 1. The van der Waals surface area contributed by atoms with E-state index in [1.165, 1.54) is 6.07 Å². The summed E-state index contributed by atoms with van der Waals surface area (Å²) >= 11 is 5.80. The van der Waals surface area contributed by atoms with Crippen molar-refractivity contribution in [1.29, 1.82) is 0 Å². The first kappa shape index (κ1) is 22.3. The molecule has 2 aliphatic carbocycles. The smallest absolute Gasteiger partial charge is 0.269 e. The van der Waals surface area contributed by atoms with E-state index in [-0.39, 0.29) is 34.7 Å². The van der Waals surface area contributed by atoms with Crippen molar-refractivity contribution in [2.45, 2.75) is 25.3 Å². The summed E-state index contributed by atoms with van der Waals surface area (Å²) in [5, 5.41) is 17.3. The number of amides is 1. The number of halogens is 2. The van der Waals surface area contributed by atoms with Crippen LogP contribution in [0.1, 0.15) is 18.4 Å². The Morgan fingerprint density at radius 1 is 1.38 bits per heavy atom. The molecule has 1 aromatic carbocycles. The van der Waals surface area contributed by atoms with Gasteiger partial charge >= 0.3 is 0 Å². The number of hydrogen-bond acceptors (Lipinski definition) is 7. The van der Waals surface area contributed by atoms with Gasteiger partial charge in [-0.15, -0.1) is 0 Å². The zero-order valence-electron chi connectivity index (χ0n) is 17.2. The van der Waals surface area contributed by atoms with Gasteiger partial charge in [-0.05, 0) is 67.3 Å². The summed E-state index contributed by atoms with van der Waals surface area (Å²) in [6.07, 6.45) is 3.37. The Bertz CT molecular complexity index is 1020. The molecule has 0 saturated heterocycles. The summed E-state index contributed by atoms with van der Waals surface area (Å²) in [5.41, 5.74) is 6.64. The third-order valence-corrected chi connectivity index (χ3v) is 6.79. The summed E-state index contributed by atoms with van der Waals surface area (Å²) in [4.78, 5) is 30.2. The zero-order valence-corrected chi connectivity index (χ0v) is 18.0. The predicted molar refractivity (Wildman–Crippen MR) is 116 cm³/mol. The molecule has 2 fully saturated rings. The summed E-state index contributed by atoms with van der Waals surface area (Å²) in [6.45, 7) is 1.40. The quantitative estimate of drug-likeness (QED) is 0.225. The van der Waals surface area contributed by atoms with Gasteiger partial charge in [0, 0.05) is 18.2 Å². The van der Waals surface area contributed by atoms with Crippen molar-refractivity contribution < 1.29 is 14.1 Å². The molecule has 11 heteroatoms. The molecule has 1 amide bonds. The van der Waals surface area contributed by atoms with Crippen LogP contribution in [0, 0.1) is 39.6 Å². The van der Waals surface area contributed by atoms with Crippen LogP contribution in [-0.4, -0.2) is 39.9 Å². The highest BCUT2D eigenvalue weighted by molar-refractivity contribution is 6.28. The minimum Gasteiger partial charge on any atom is -0.369 e. The standard InChI is InChI=1S/C21H24ClFN6O3/c22-21-26-10-16(23)20(28-21)27-18-15-8-12(17(18)19(24)30)7-13(15)9-25-5-4-11-2-1-3-14(6-11)29(31)32/h1-3,6,10,12-13,15,17-18,25H,4-5,7-9H2,(H2,24,30)(H,26,27,28)/t12-,13+,15-,17+,18-/m1/s1. The summed E-state index contributed by atoms with van der Waals surface area (Å²) in [5.74, 6) is -0.881. The zero-order chi connectivity index (χ0) is 22.8. The number of non-ortho nitro benzene ring substituents is 1. The molecule has 9 nitrogen and oxygen atoms in total. The van der Waals surface area contributed by atoms with E-state index in [2.05, 4.69) is 20.6 Å². The van der Waals surface area contributed by atoms with Gasteiger partial charge in [-0.1, -0.05) is 12.1 Å². The van der Waals surface area contributed by atoms with Crippen molar-refractivity contribution in [3.63, 3.8) is 0 Å². The first-order valence-corrected chi connectivity index (χ1v) is 10.9. The number of nitrogens with two attached hydrogens (primary N) is 1. The van der Waals surface area contributed by atoms with Crippen molar-refractivity contribution >= 4 is 29.0 Å². The topological polar surface area (TPSA) is 136 Å². The molecule has 0 aliphatic heterocycles. The number of hydrogen-bond donors (Lipinski definition) is 3. The molecule has 0 radical (unpaired) electrons. The maximum Gasteiger partial charge on any atom is 0.269 e. The number of fused-ring (bicyclic) bond motifs is 2. The highest BCUT2D eigenvalue weighted by Crippen LogP contribution is 2.52. The number of nitrogens with zero attached hydrogens (tertiary/aromatic N) is 3. The van der Waals surface area contributed by atoms with Gasteiger partial charge in [0.1, 0.15) is 0 Å². The molecule has 2 bridgehead atoms. The molecule has 4 rings (SSSR count). The van der Waals surface area contributed by atoms with Gasteiger partial charge in [-0.3, -0.25) is 14.9 Å². The number of carbonyl (C=O) groups excluding carboxylic acids is 1. The SMILES string of the molecule is NC(=O)[C@H]1[C@@H]2C[C@@H](CNCCc3cccc([N+](=O)[O-])c3)[C@@H](C2)[C@H]1Nc1nc(Cl)ncc1F. The average molecular weight is 463 g/mol. The van der Waals surface area contributed by atoms with Gasteiger partial charge < -0.3 is 16.4 Å². The van der Waals surface area contributed by atoms with E-state index in [0.717, 1.165) is 31.1 Å². The van der Waals surface area contributed by atoms with E-state index in [9.17, 15) is 19.3 Å². The lowest BCUT2D eigenvalue weighted by Gasteiger charge is -2.35. The number of aromatic nitrogens is 2. The van der Waals surface area contributed by atoms with Crippen LogP contribution in [-0.2, 0) is 11.2 Å². The minimum atomic E-state index is -0.632. The van der Waals surface area contributed by atoms with E-state index in [1.54, 1.807) is 12.1 Å². The molecule has 1 aromatic heterocycles. The van der Waals surface area contributed by atoms with Crippen LogP contribution in [0.15, 0.2) is 30.5 Å². The van der Waals surface area contributed by atoms with Crippen LogP contribution in [0.4, 0.5) is 15.9 Å². The molecule has 0 unspecified atom stereocenters. The van der Waals surface area contributed by atoms with Crippen LogP contribution in [0.3, 0.4) is 0 Å². The second kappa shape index (κ2) is 9.33. The van der Waals surface area contributed by atoms with Gasteiger partial charge in [0.05, 0.1) is 17.0 Å². The molecule has 5 atom stereocenters. The maximum atomic E-state index is 14.2. The van der Waals surface area contributed by atoms with E-state index < -0.39 is 22.6 Å². The fourth-order valence-corrected chi connectivity index (χ4v) is 5.42. The Morgan fingerprint density at radius 3 is 2.94 bits per heavy atom. The molecule has 4 N–H and O–H groups in total. The van der Waals surface area contributed by atoms with E-state index >= 15 is 0 Å². The molecule has 1 heterocycles. The Labute approximate surface area is 189 Å². The first-order chi connectivity index (χ1) is 15.3. The normalized spacial score (nSPS) is 26.2. The van der Waals surface area contributed by atoms with E-state index in [4.69, 9.17) is 17.3 Å². The molecular formula is C21H24ClFN6O3. The highest BCUT2D eigenvalue weighted by Gasteiger charge is 2.54. The summed E-state index contributed by atoms with van der Waals surface area (Å²) < 4.78 is 14.2. The number of benzene rings is 1. The monoisotopic (exact) mass is 462 g/mol. The average Bonchev–Trinajstić information content (AvgIpc) is 3.32. The number of carbonyl (C=O) groups is 1. The lowest BCUT2D eigenvalue weighted by atomic mass is 9.77. The van der Waals surface area contributed by atoms with Gasteiger partial charge in [0.2, 0.25) is 11.2 Å². The molecule has 32 heavy (non-hydrogen) atoms. The van der Waals surface area contributed by atoms with Crippen molar-refractivity contribution in [2.24, 2.45) is 29.4 Å². The fourth-order valence-electron chi connectivity index (χ4n) is 5.29. The largest absolute Gasteiger partial charge is 0.369 e. The lowest BCUT2D eigenvalue weighted by Crippen LogP contribution is -2.47. The van der Waals surface area contributed by atoms with Crippen molar-refractivity contribution in [3.8, 4) is 0 Å². The fraction of sp³-hybridized carbons (Fsp3) is 0.476. The highest BCUT2D eigenvalue weighted by atomic mass is 35.5. The Hall–Kier alpha value is -2.85. The van der Waals surface area contributed by atoms with Gasteiger partial charge in [-0.2, -0.15) is 4.98 Å². The lowest BCUT2D eigenvalue weighted by molar-refractivity contribution is -0.384. The van der Waals surface area contributed by atoms with Crippen molar-refractivity contribution in [1.82, 2.24) is 15.3 Å². The van der Waals surface area contributed by atoms with Crippen LogP contribution in [0.25, 0.3) is 0 Å². The molecule has 0 spiro atoms. The number of anilines is 1. The van der Waals surface area contributed by atoms with Gasteiger partial charge in [-0.25, -0.2) is 9.37 Å². The van der Waals surface area contributed by atoms with E-state index in [1.807, 2.05) is 6.07 Å². The van der Waals surface area contributed by atoms with Crippen LogP contribution >= 0.6 is 11.6 Å². The maximum absolute atomic E-state index is 14.2. The Balaban J connectivity index is 1.37. The molecule has 2 aliphatic rings. The second-order valence-electron chi connectivity index (χ2n) is 8.47. The van der Waals surface area contributed by atoms with Crippen LogP contribution in [0.5, 0.6) is 0 Å². The molecule has 2 saturated carbocycles. The van der Waals surface area contributed by atoms with Gasteiger partial charge in [0.15, 0.2) is 11.6 Å². The third kappa shape index (κ3) is 4.66. The van der Waals surface area contributed by atoms with E-state index in [0.29, 0.717) is 18.9 Å². The number of rotatable bonds is 9.